The highest BCUT2D eigenvalue weighted by atomic mass is 16.6. The van der Waals surface area contributed by atoms with Gasteiger partial charge >= 0.3 is 5.97 Å². The number of ether oxygens (including phenoxy) is 3. The van der Waals surface area contributed by atoms with Crippen molar-refractivity contribution in [1.82, 2.24) is 5.43 Å². The molecule has 0 aromatic heterocycles. The molecule has 0 saturated carbocycles. The Morgan fingerprint density at radius 2 is 1.83 bits per heavy atom. The van der Waals surface area contributed by atoms with Crippen LogP contribution in [-0.4, -0.2) is 38.1 Å². The number of amides is 2. The van der Waals surface area contributed by atoms with Gasteiger partial charge in [0.05, 0.1) is 19.4 Å². The molecule has 1 N–H and O–H groups in total. The van der Waals surface area contributed by atoms with Gasteiger partial charge in [-0.05, 0) is 49.8 Å². The number of rotatable bonds is 7. The third-order valence-electron chi connectivity index (χ3n) is 4.33. The number of methoxy groups -OCH3 is 1. The number of hydrogen-bond donors (Lipinski definition) is 1. The molecule has 1 fully saturated rings. The molecule has 0 atom stereocenters. The largest absolute Gasteiger partial charge is 0.493 e. The summed E-state index contributed by atoms with van der Waals surface area (Å²) >= 11 is 0. The van der Waals surface area contributed by atoms with E-state index in [0.29, 0.717) is 22.7 Å². The van der Waals surface area contributed by atoms with E-state index in [1.807, 2.05) is 19.1 Å². The minimum Gasteiger partial charge on any atom is -0.493 e. The number of nitrogens with one attached hydrogen (secondary N) is 1. The van der Waals surface area contributed by atoms with Crippen molar-refractivity contribution in [2.24, 2.45) is 0 Å². The molecule has 156 valence electrons. The summed E-state index contributed by atoms with van der Waals surface area (Å²) in [7, 11) is 1.45. The number of hydrogen-bond acceptors (Lipinski definition) is 6. The summed E-state index contributed by atoms with van der Waals surface area (Å²) in [4.78, 5) is 36.6. The first-order valence-electron chi connectivity index (χ1n) is 9.33. The second-order valence-corrected chi connectivity index (χ2v) is 6.48. The van der Waals surface area contributed by atoms with E-state index in [-0.39, 0.29) is 18.8 Å². The lowest BCUT2D eigenvalue weighted by Gasteiger charge is -2.14. The van der Waals surface area contributed by atoms with Crippen molar-refractivity contribution < 1.29 is 28.6 Å². The summed E-state index contributed by atoms with van der Waals surface area (Å²) in [5.74, 6) is -0.742. The number of carbonyl (C=O) groups is 3. The molecule has 2 aromatic carbocycles. The first-order valence-corrected chi connectivity index (χ1v) is 9.33. The molecule has 1 saturated heterocycles. The molecule has 30 heavy (non-hydrogen) atoms. The van der Waals surface area contributed by atoms with E-state index in [9.17, 15) is 14.4 Å². The molecule has 8 heteroatoms. The summed E-state index contributed by atoms with van der Waals surface area (Å²) in [5.41, 5.74) is 4.75. The Morgan fingerprint density at radius 3 is 2.50 bits per heavy atom. The average Bonchev–Trinajstić information content (AvgIpc) is 3.01. The smallest absolute Gasteiger partial charge is 0.344 e. The van der Waals surface area contributed by atoms with E-state index in [4.69, 9.17) is 14.2 Å². The van der Waals surface area contributed by atoms with Gasteiger partial charge in [0.1, 0.15) is 5.57 Å². The lowest BCUT2D eigenvalue weighted by Crippen LogP contribution is -2.35. The van der Waals surface area contributed by atoms with Gasteiger partial charge in [0.25, 0.3) is 11.8 Å². The standard InChI is InChI=1S/C22H22N2O6/c1-4-29-20(25)13-30-18-10-7-15(12-19(18)28-3)11-17-21(26)23-24(22(17)27)16-8-5-14(2)6-9-16/h5-12H,4,13H2,1-3H3,(H,23,26). The Labute approximate surface area is 174 Å². The van der Waals surface area contributed by atoms with Crippen LogP contribution in [-0.2, 0) is 19.1 Å². The van der Waals surface area contributed by atoms with Crippen molar-refractivity contribution in [3.63, 3.8) is 0 Å². The molecular weight excluding hydrogens is 388 g/mol. The van der Waals surface area contributed by atoms with E-state index in [1.54, 1.807) is 37.3 Å². The van der Waals surface area contributed by atoms with Crippen LogP contribution in [0.2, 0.25) is 0 Å². The highest BCUT2D eigenvalue weighted by Gasteiger charge is 2.34. The molecule has 3 rings (SSSR count). The van der Waals surface area contributed by atoms with Gasteiger partial charge in [0.15, 0.2) is 18.1 Å². The molecule has 0 spiro atoms. The van der Waals surface area contributed by atoms with Crippen LogP contribution < -0.4 is 19.9 Å². The fraction of sp³-hybridized carbons (Fsp3) is 0.227. The van der Waals surface area contributed by atoms with Gasteiger partial charge in [-0.25, -0.2) is 9.80 Å². The number of hydrazine groups is 1. The van der Waals surface area contributed by atoms with Crippen molar-refractivity contribution in [1.29, 1.82) is 0 Å². The van der Waals surface area contributed by atoms with Crippen LogP contribution in [0.5, 0.6) is 11.5 Å². The maximum absolute atomic E-state index is 12.7. The Balaban J connectivity index is 1.80. The Bertz CT molecular complexity index is 997. The van der Waals surface area contributed by atoms with Crippen LogP contribution in [0.15, 0.2) is 48.0 Å². The molecule has 0 aliphatic carbocycles. The zero-order chi connectivity index (χ0) is 21.7. The predicted octanol–water partition coefficient (Wildman–Crippen LogP) is 2.41. The molecule has 2 amide bonds. The third kappa shape index (κ3) is 4.60. The highest BCUT2D eigenvalue weighted by molar-refractivity contribution is 6.31. The molecule has 2 aromatic rings. The number of esters is 1. The van der Waals surface area contributed by atoms with E-state index >= 15 is 0 Å². The minimum atomic E-state index is -0.498. The lowest BCUT2D eigenvalue weighted by molar-refractivity contribution is -0.145. The van der Waals surface area contributed by atoms with Crippen LogP contribution in [0.3, 0.4) is 0 Å². The van der Waals surface area contributed by atoms with Crippen molar-refractivity contribution in [3.8, 4) is 11.5 Å². The average molecular weight is 410 g/mol. The second-order valence-electron chi connectivity index (χ2n) is 6.48. The summed E-state index contributed by atoms with van der Waals surface area (Å²) in [6.07, 6.45) is 1.48. The molecule has 0 unspecified atom stereocenters. The Kier molecular flexibility index (Phi) is 6.36. The van der Waals surface area contributed by atoms with Crippen LogP contribution in [0.4, 0.5) is 5.69 Å². The molecule has 1 aliphatic rings. The SMILES string of the molecule is CCOC(=O)COc1ccc(C=C2C(=O)NN(c3ccc(C)cc3)C2=O)cc1OC. The van der Waals surface area contributed by atoms with Crippen LogP contribution in [0.25, 0.3) is 6.08 Å². The normalized spacial score (nSPS) is 14.6. The van der Waals surface area contributed by atoms with Crippen molar-refractivity contribution in [2.75, 3.05) is 25.3 Å². The van der Waals surface area contributed by atoms with Crippen LogP contribution in [0, 0.1) is 6.92 Å². The minimum absolute atomic E-state index is 0.00202. The van der Waals surface area contributed by atoms with Crippen LogP contribution in [0.1, 0.15) is 18.1 Å². The van der Waals surface area contributed by atoms with Gasteiger partial charge in [-0.3, -0.25) is 15.0 Å². The molecule has 1 aliphatic heterocycles. The van der Waals surface area contributed by atoms with Gasteiger partial charge in [0, 0.05) is 0 Å². The fourth-order valence-corrected chi connectivity index (χ4v) is 2.83. The fourth-order valence-electron chi connectivity index (χ4n) is 2.83. The van der Waals surface area contributed by atoms with Gasteiger partial charge in [-0.15, -0.1) is 0 Å². The third-order valence-corrected chi connectivity index (χ3v) is 4.33. The first-order chi connectivity index (χ1) is 14.4. The summed E-state index contributed by atoms with van der Waals surface area (Å²) in [5, 5.41) is 1.21. The molecular formula is C22H22N2O6. The summed E-state index contributed by atoms with van der Waals surface area (Å²) < 4.78 is 15.5. The maximum Gasteiger partial charge on any atom is 0.344 e. The maximum atomic E-state index is 12.7. The second kappa shape index (κ2) is 9.13. The van der Waals surface area contributed by atoms with Crippen molar-refractivity contribution in [3.05, 3.63) is 59.2 Å². The number of carbonyl (C=O) groups excluding carboxylic acids is 3. The van der Waals surface area contributed by atoms with Crippen LogP contribution >= 0.6 is 0 Å². The number of benzene rings is 2. The Morgan fingerprint density at radius 1 is 1.10 bits per heavy atom. The van der Waals surface area contributed by atoms with E-state index in [2.05, 4.69) is 5.43 Å². The van der Waals surface area contributed by atoms with E-state index in [1.165, 1.54) is 18.2 Å². The summed E-state index contributed by atoms with van der Waals surface area (Å²) in [6, 6.07) is 12.1. The number of nitrogens with zero attached hydrogens (tertiary/aromatic N) is 1. The van der Waals surface area contributed by atoms with Gasteiger partial charge in [-0.1, -0.05) is 23.8 Å². The highest BCUT2D eigenvalue weighted by Crippen LogP contribution is 2.30. The van der Waals surface area contributed by atoms with Crippen molar-refractivity contribution in [2.45, 2.75) is 13.8 Å². The van der Waals surface area contributed by atoms with E-state index < -0.39 is 17.8 Å². The van der Waals surface area contributed by atoms with Gasteiger partial charge < -0.3 is 14.2 Å². The Hall–Kier alpha value is -3.81. The van der Waals surface area contributed by atoms with Gasteiger partial charge in [-0.2, -0.15) is 0 Å². The monoisotopic (exact) mass is 410 g/mol. The summed E-state index contributed by atoms with van der Waals surface area (Å²) in [6.45, 7) is 3.66. The molecule has 0 bridgehead atoms. The predicted molar refractivity (Wildman–Crippen MR) is 110 cm³/mol. The molecule has 8 nitrogen and oxygen atoms in total. The van der Waals surface area contributed by atoms with Gasteiger partial charge in [0.2, 0.25) is 0 Å². The number of aryl methyl sites for hydroxylation is 1. The molecule has 1 heterocycles. The first kappa shape index (κ1) is 20.9. The zero-order valence-corrected chi connectivity index (χ0v) is 16.9. The lowest BCUT2D eigenvalue weighted by atomic mass is 10.1. The quantitative estimate of drug-likeness (QED) is 0.428. The topological polar surface area (TPSA) is 94.2 Å². The molecule has 0 radical (unpaired) electrons. The zero-order valence-electron chi connectivity index (χ0n) is 16.9. The number of anilines is 1. The van der Waals surface area contributed by atoms with E-state index in [0.717, 1.165) is 5.56 Å². The van der Waals surface area contributed by atoms with Crippen molar-refractivity contribution >= 4 is 29.5 Å².